The number of hydrogen-bond donors (Lipinski definition) is 3. The lowest BCUT2D eigenvalue weighted by atomic mass is 10.0. The van der Waals surface area contributed by atoms with Gasteiger partial charge in [-0.1, -0.05) is 30.3 Å². The Morgan fingerprint density at radius 3 is 2.50 bits per heavy atom. The van der Waals surface area contributed by atoms with Crippen LogP contribution < -0.4 is 5.32 Å². The Balaban J connectivity index is 2.72. The molecule has 0 aliphatic carbocycles. The fraction of sp³-hybridized carbons (Fsp3) is 0.300. The van der Waals surface area contributed by atoms with E-state index in [9.17, 15) is 9.90 Å². The summed E-state index contributed by atoms with van der Waals surface area (Å²) in [5, 5.41) is 21.0. The number of aliphatic hydroxyl groups is 2. The van der Waals surface area contributed by atoms with Crippen molar-refractivity contribution in [2.24, 2.45) is 0 Å². The number of rotatable bonds is 5. The zero-order valence-corrected chi connectivity index (χ0v) is 7.63. The summed E-state index contributed by atoms with van der Waals surface area (Å²) in [5.74, 6) is 0. The van der Waals surface area contributed by atoms with E-state index < -0.39 is 12.1 Å². The average molecular weight is 195 g/mol. The highest BCUT2D eigenvalue weighted by atomic mass is 16.3. The lowest BCUT2D eigenvalue weighted by Gasteiger charge is -2.20. The molecule has 1 amide bonds. The largest absolute Gasteiger partial charge is 0.394 e. The molecule has 4 heteroatoms. The SMILES string of the molecule is O=CNC(CO)C(O)c1ccccc1. The van der Waals surface area contributed by atoms with Gasteiger partial charge in [0.25, 0.3) is 0 Å². The zero-order valence-electron chi connectivity index (χ0n) is 7.63. The van der Waals surface area contributed by atoms with Crippen LogP contribution >= 0.6 is 0 Å². The fourth-order valence-corrected chi connectivity index (χ4v) is 1.21. The van der Waals surface area contributed by atoms with Crippen LogP contribution in [-0.4, -0.2) is 29.3 Å². The Morgan fingerprint density at radius 2 is 2.00 bits per heavy atom. The first-order valence-electron chi connectivity index (χ1n) is 4.33. The van der Waals surface area contributed by atoms with Crippen molar-refractivity contribution >= 4 is 6.41 Å². The second kappa shape index (κ2) is 5.36. The number of nitrogens with one attached hydrogen (secondary N) is 1. The molecule has 0 spiro atoms. The molecule has 14 heavy (non-hydrogen) atoms. The van der Waals surface area contributed by atoms with Gasteiger partial charge in [-0.05, 0) is 5.56 Å². The molecule has 0 fully saturated rings. The van der Waals surface area contributed by atoms with Gasteiger partial charge in [0.2, 0.25) is 6.41 Å². The first-order valence-corrected chi connectivity index (χ1v) is 4.33. The molecule has 2 atom stereocenters. The Kier molecular flexibility index (Phi) is 4.10. The van der Waals surface area contributed by atoms with Crippen molar-refractivity contribution in [2.75, 3.05) is 6.61 Å². The molecule has 1 rings (SSSR count). The van der Waals surface area contributed by atoms with Crippen LogP contribution in [0.3, 0.4) is 0 Å². The normalized spacial score (nSPS) is 14.4. The van der Waals surface area contributed by atoms with Crippen LogP contribution in [-0.2, 0) is 4.79 Å². The predicted molar refractivity (Wildman–Crippen MR) is 51.5 cm³/mol. The van der Waals surface area contributed by atoms with E-state index >= 15 is 0 Å². The first-order chi connectivity index (χ1) is 6.79. The highest BCUT2D eigenvalue weighted by Crippen LogP contribution is 2.15. The van der Waals surface area contributed by atoms with Crippen molar-refractivity contribution in [3.63, 3.8) is 0 Å². The summed E-state index contributed by atoms with van der Waals surface area (Å²) in [6.45, 7) is -0.297. The second-order valence-electron chi connectivity index (χ2n) is 2.93. The standard InChI is InChI=1S/C10H13NO3/c12-6-9(11-7-13)10(14)8-4-2-1-3-5-8/h1-5,7,9-10,12,14H,6H2,(H,11,13). The molecule has 4 nitrogen and oxygen atoms in total. The molecule has 0 aromatic heterocycles. The Labute approximate surface area is 82.2 Å². The molecule has 0 saturated carbocycles. The fourth-order valence-electron chi connectivity index (χ4n) is 1.21. The molecule has 76 valence electrons. The van der Waals surface area contributed by atoms with E-state index in [2.05, 4.69) is 5.32 Å². The van der Waals surface area contributed by atoms with Gasteiger partial charge in [0, 0.05) is 0 Å². The molecular weight excluding hydrogens is 182 g/mol. The van der Waals surface area contributed by atoms with Gasteiger partial charge in [0.05, 0.1) is 12.6 Å². The van der Waals surface area contributed by atoms with Crippen molar-refractivity contribution in [1.29, 1.82) is 0 Å². The Bertz CT molecular complexity index is 276. The number of carbonyl (C=O) groups excluding carboxylic acids is 1. The smallest absolute Gasteiger partial charge is 0.207 e. The lowest BCUT2D eigenvalue weighted by molar-refractivity contribution is -0.111. The van der Waals surface area contributed by atoms with Gasteiger partial charge in [0.15, 0.2) is 0 Å². The maximum atomic E-state index is 10.2. The number of carbonyl (C=O) groups is 1. The second-order valence-corrected chi connectivity index (χ2v) is 2.93. The lowest BCUT2D eigenvalue weighted by Crippen LogP contribution is -2.37. The van der Waals surface area contributed by atoms with Crippen LogP contribution in [0, 0.1) is 0 Å². The van der Waals surface area contributed by atoms with E-state index in [1.54, 1.807) is 24.3 Å². The van der Waals surface area contributed by atoms with Gasteiger partial charge < -0.3 is 15.5 Å². The van der Waals surface area contributed by atoms with Gasteiger partial charge in [-0.2, -0.15) is 0 Å². The monoisotopic (exact) mass is 195 g/mol. The van der Waals surface area contributed by atoms with Gasteiger partial charge in [-0.15, -0.1) is 0 Å². The van der Waals surface area contributed by atoms with E-state index in [1.807, 2.05) is 6.07 Å². The number of benzene rings is 1. The average Bonchev–Trinajstić information content (AvgIpc) is 2.26. The Morgan fingerprint density at radius 1 is 1.36 bits per heavy atom. The quantitative estimate of drug-likeness (QED) is 0.571. The topological polar surface area (TPSA) is 69.6 Å². The first kappa shape index (κ1) is 10.7. The van der Waals surface area contributed by atoms with Crippen molar-refractivity contribution in [3.05, 3.63) is 35.9 Å². The molecule has 0 heterocycles. The third-order valence-electron chi connectivity index (χ3n) is 2.00. The molecule has 0 aliphatic heterocycles. The number of aliphatic hydroxyl groups excluding tert-OH is 2. The molecule has 0 radical (unpaired) electrons. The minimum atomic E-state index is -0.883. The molecule has 1 aromatic carbocycles. The Hall–Kier alpha value is -1.39. The van der Waals surface area contributed by atoms with Gasteiger partial charge >= 0.3 is 0 Å². The highest BCUT2D eigenvalue weighted by Gasteiger charge is 2.18. The van der Waals surface area contributed by atoms with Crippen LogP contribution in [0.15, 0.2) is 30.3 Å². The number of amides is 1. The molecule has 0 aliphatic rings. The summed E-state index contributed by atoms with van der Waals surface area (Å²) >= 11 is 0. The minimum absolute atomic E-state index is 0.297. The molecular formula is C10H13NO3. The van der Waals surface area contributed by atoms with Gasteiger partial charge in [0.1, 0.15) is 6.10 Å². The van der Waals surface area contributed by atoms with Crippen LogP contribution in [0.4, 0.5) is 0 Å². The van der Waals surface area contributed by atoms with Crippen molar-refractivity contribution < 1.29 is 15.0 Å². The van der Waals surface area contributed by atoms with Crippen LogP contribution in [0.25, 0.3) is 0 Å². The van der Waals surface area contributed by atoms with Gasteiger partial charge in [-0.25, -0.2) is 0 Å². The van der Waals surface area contributed by atoms with E-state index in [-0.39, 0.29) is 6.61 Å². The van der Waals surface area contributed by atoms with Crippen molar-refractivity contribution in [1.82, 2.24) is 5.32 Å². The summed E-state index contributed by atoms with van der Waals surface area (Å²) in [4.78, 5) is 10.2. The van der Waals surface area contributed by atoms with Gasteiger partial charge in [-0.3, -0.25) is 4.79 Å². The molecule has 0 saturated heterocycles. The summed E-state index contributed by atoms with van der Waals surface area (Å²) in [6, 6.07) is 8.22. The molecule has 3 N–H and O–H groups in total. The third-order valence-corrected chi connectivity index (χ3v) is 2.00. The van der Waals surface area contributed by atoms with E-state index in [1.165, 1.54) is 0 Å². The van der Waals surface area contributed by atoms with Crippen molar-refractivity contribution in [2.45, 2.75) is 12.1 Å². The highest BCUT2D eigenvalue weighted by molar-refractivity contribution is 5.47. The van der Waals surface area contributed by atoms with Crippen LogP contribution in [0.5, 0.6) is 0 Å². The van der Waals surface area contributed by atoms with E-state index in [0.717, 1.165) is 0 Å². The summed E-state index contributed by atoms with van der Waals surface area (Å²) in [5.41, 5.74) is 0.668. The van der Waals surface area contributed by atoms with Crippen molar-refractivity contribution in [3.8, 4) is 0 Å². The zero-order chi connectivity index (χ0) is 10.4. The van der Waals surface area contributed by atoms with E-state index in [0.29, 0.717) is 12.0 Å². The minimum Gasteiger partial charge on any atom is -0.394 e. The maximum Gasteiger partial charge on any atom is 0.207 e. The van der Waals surface area contributed by atoms with Crippen LogP contribution in [0.2, 0.25) is 0 Å². The summed E-state index contributed by atoms with van der Waals surface area (Å²) in [6.07, 6.45) is -0.418. The number of hydrogen-bond acceptors (Lipinski definition) is 3. The summed E-state index contributed by atoms with van der Waals surface area (Å²) in [7, 11) is 0. The molecule has 0 bridgehead atoms. The molecule has 2 unspecified atom stereocenters. The summed E-state index contributed by atoms with van der Waals surface area (Å²) < 4.78 is 0. The predicted octanol–water partition coefficient (Wildman–Crippen LogP) is -0.173. The third kappa shape index (κ3) is 2.55. The maximum absolute atomic E-state index is 10.2. The van der Waals surface area contributed by atoms with Crippen LogP contribution in [0.1, 0.15) is 11.7 Å². The van der Waals surface area contributed by atoms with E-state index in [4.69, 9.17) is 5.11 Å². The molecule has 1 aromatic rings.